The van der Waals surface area contributed by atoms with Crippen LogP contribution < -0.4 is 0 Å². The molecule has 0 bridgehead atoms. The largest absolute Gasteiger partial charge is 0.508 e. The topological polar surface area (TPSA) is 40.5 Å². The van der Waals surface area contributed by atoms with Gasteiger partial charge in [-0.2, -0.15) is 0 Å². The summed E-state index contributed by atoms with van der Waals surface area (Å²) in [5.41, 5.74) is 0.868. The highest BCUT2D eigenvalue weighted by Crippen LogP contribution is 2.32. The Labute approximate surface area is 123 Å². The predicted octanol–water partition coefficient (Wildman–Crippen LogP) is 5.73. The van der Waals surface area contributed by atoms with Gasteiger partial charge in [-0.25, -0.2) is 0 Å². The van der Waals surface area contributed by atoms with Gasteiger partial charge < -0.3 is 10.2 Å². The third kappa shape index (κ3) is 6.31. The van der Waals surface area contributed by atoms with Crippen LogP contribution in [-0.2, 0) is 0 Å². The first-order chi connectivity index (χ1) is 9.65. The molecule has 0 aromatic heterocycles. The molecule has 0 saturated carbocycles. The highest BCUT2D eigenvalue weighted by molar-refractivity contribution is 5.40. The summed E-state index contributed by atoms with van der Waals surface area (Å²) < 4.78 is 0. The first-order valence-electron chi connectivity index (χ1n) is 8.17. The molecule has 1 atom stereocenters. The molecule has 1 rings (SSSR count). The molecule has 0 heterocycles. The zero-order valence-electron chi connectivity index (χ0n) is 13.1. The van der Waals surface area contributed by atoms with E-state index >= 15 is 0 Å². The lowest BCUT2D eigenvalue weighted by Crippen LogP contribution is -1.94. The Morgan fingerprint density at radius 3 is 2.15 bits per heavy atom. The van der Waals surface area contributed by atoms with Crippen molar-refractivity contribution in [2.45, 2.75) is 77.6 Å². The number of unbranched alkanes of at least 4 members (excludes halogenated alkanes) is 7. The monoisotopic (exact) mass is 278 g/mol. The van der Waals surface area contributed by atoms with Gasteiger partial charge in [-0.05, 0) is 30.5 Å². The lowest BCUT2D eigenvalue weighted by atomic mass is 9.93. The number of hydrogen-bond donors (Lipinski definition) is 2. The molecule has 1 aromatic carbocycles. The fraction of sp³-hybridized carbons (Fsp3) is 0.667. The van der Waals surface area contributed by atoms with Crippen molar-refractivity contribution in [2.75, 3.05) is 0 Å². The van der Waals surface area contributed by atoms with E-state index in [0.717, 1.165) is 12.0 Å². The van der Waals surface area contributed by atoms with Gasteiger partial charge in [0.15, 0.2) is 0 Å². The Kier molecular flexibility index (Phi) is 8.17. The van der Waals surface area contributed by atoms with Crippen molar-refractivity contribution in [3.63, 3.8) is 0 Å². The second-order valence-corrected chi connectivity index (χ2v) is 5.91. The van der Waals surface area contributed by atoms with Crippen LogP contribution in [0.4, 0.5) is 0 Å². The van der Waals surface area contributed by atoms with Crippen LogP contribution in [0, 0.1) is 0 Å². The molecule has 1 aromatic rings. The predicted molar refractivity (Wildman–Crippen MR) is 85.4 cm³/mol. The highest BCUT2D eigenvalue weighted by Gasteiger charge is 2.10. The van der Waals surface area contributed by atoms with Crippen molar-refractivity contribution in [3.05, 3.63) is 23.8 Å². The van der Waals surface area contributed by atoms with Crippen molar-refractivity contribution in [1.29, 1.82) is 0 Å². The van der Waals surface area contributed by atoms with Crippen LogP contribution in [0.25, 0.3) is 0 Å². The van der Waals surface area contributed by atoms with E-state index in [2.05, 4.69) is 13.8 Å². The van der Waals surface area contributed by atoms with Crippen molar-refractivity contribution in [1.82, 2.24) is 0 Å². The number of hydrogen-bond acceptors (Lipinski definition) is 2. The summed E-state index contributed by atoms with van der Waals surface area (Å²) in [5.74, 6) is 0.845. The van der Waals surface area contributed by atoms with Crippen LogP contribution in [0.15, 0.2) is 18.2 Å². The Morgan fingerprint density at radius 1 is 0.900 bits per heavy atom. The standard InChI is InChI=1S/C18H30O2/c1-3-4-5-6-7-8-9-10-11-15(2)17-14-16(19)12-13-18(17)20/h12-15,19-20H,3-11H2,1-2H3. The molecule has 2 N–H and O–H groups in total. The molecular formula is C18H30O2. The minimum absolute atomic E-state index is 0.237. The minimum atomic E-state index is 0.237. The van der Waals surface area contributed by atoms with E-state index in [1.165, 1.54) is 57.4 Å². The van der Waals surface area contributed by atoms with Gasteiger partial charge in [0.2, 0.25) is 0 Å². The molecule has 0 saturated heterocycles. The summed E-state index contributed by atoms with van der Waals surface area (Å²) in [6.45, 7) is 4.37. The van der Waals surface area contributed by atoms with Crippen molar-refractivity contribution in [3.8, 4) is 11.5 Å². The van der Waals surface area contributed by atoms with Gasteiger partial charge in [0.1, 0.15) is 11.5 Å². The van der Waals surface area contributed by atoms with E-state index in [-0.39, 0.29) is 5.75 Å². The summed E-state index contributed by atoms with van der Waals surface area (Å²) in [5, 5.41) is 19.3. The Bertz CT molecular complexity index is 374. The van der Waals surface area contributed by atoms with E-state index in [9.17, 15) is 10.2 Å². The zero-order valence-corrected chi connectivity index (χ0v) is 13.1. The maximum atomic E-state index is 9.82. The minimum Gasteiger partial charge on any atom is -0.508 e. The first kappa shape index (κ1) is 16.9. The zero-order chi connectivity index (χ0) is 14.8. The van der Waals surface area contributed by atoms with Crippen LogP contribution in [0.5, 0.6) is 11.5 Å². The third-order valence-electron chi connectivity index (χ3n) is 4.03. The van der Waals surface area contributed by atoms with E-state index in [1.807, 2.05) is 0 Å². The Morgan fingerprint density at radius 2 is 1.50 bits per heavy atom. The second-order valence-electron chi connectivity index (χ2n) is 5.91. The van der Waals surface area contributed by atoms with E-state index in [0.29, 0.717) is 11.7 Å². The fourth-order valence-electron chi connectivity index (χ4n) is 2.68. The molecule has 1 unspecified atom stereocenters. The number of rotatable bonds is 10. The summed E-state index contributed by atoms with van der Waals surface area (Å²) >= 11 is 0. The number of benzene rings is 1. The number of phenolic OH excluding ortho intramolecular Hbond substituents is 2. The molecule has 0 aliphatic heterocycles. The van der Waals surface area contributed by atoms with Gasteiger partial charge in [0, 0.05) is 5.56 Å². The summed E-state index contributed by atoms with van der Waals surface area (Å²) in [4.78, 5) is 0. The molecule has 0 spiro atoms. The van der Waals surface area contributed by atoms with Gasteiger partial charge in [0.05, 0.1) is 0 Å². The summed E-state index contributed by atoms with van der Waals surface area (Å²) in [6.07, 6.45) is 11.7. The Balaban J connectivity index is 2.17. The average molecular weight is 278 g/mol. The summed E-state index contributed by atoms with van der Waals surface area (Å²) in [7, 11) is 0. The summed E-state index contributed by atoms with van der Waals surface area (Å²) in [6, 6.07) is 4.79. The van der Waals surface area contributed by atoms with E-state index in [4.69, 9.17) is 0 Å². The first-order valence-corrected chi connectivity index (χ1v) is 8.17. The quantitative estimate of drug-likeness (QED) is 0.423. The molecule has 0 amide bonds. The van der Waals surface area contributed by atoms with Crippen molar-refractivity contribution < 1.29 is 10.2 Å². The lowest BCUT2D eigenvalue weighted by Gasteiger charge is -2.13. The Hall–Kier alpha value is -1.18. The van der Waals surface area contributed by atoms with Gasteiger partial charge >= 0.3 is 0 Å². The number of phenols is 2. The SMILES string of the molecule is CCCCCCCCCCC(C)c1cc(O)ccc1O. The average Bonchev–Trinajstić information content (AvgIpc) is 2.44. The molecule has 0 radical (unpaired) electrons. The maximum Gasteiger partial charge on any atom is 0.119 e. The van der Waals surface area contributed by atoms with Gasteiger partial charge in [-0.1, -0.05) is 65.2 Å². The lowest BCUT2D eigenvalue weighted by molar-refractivity contribution is 0.445. The third-order valence-corrected chi connectivity index (χ3v) is 4.03. The van der Waals surface area contributed by atoms with Crippen molar-refractivity contribution >= 4 is 0 Å². The highest BCUT2D eigenvalue weighted by atomic mass is 16.3. The van der Waals surface area contributed by atoms with E-state index < -0.39 is 0 Å². The normalized spacial score (nSPS) is 12.5. The van der Waals surface area contributed by atoms with Gasteiger partial charge in [0.25, 0.3) is 0 Å². The molecule has 2 nitrogen and oxygen atoms in total. The van der Waals surface area contributed by atoms with Crippen LogP contribution in [0.1, 0.15) is 83.1 Å². The fourth-order valence-corrected chi connectivity index (χ4v) is 2.68. The molecule has 0 aliphatic carbocycles. The molecule has 2 heteroatoms. The van der Waals surface area contributed by atoms with Crippen LogP contribution in [-0.4, -0.2) is 10.2 Å². The molecule has 0 aliphatic rings. The van der Waals surface area contributed by atoms with Gasteiger partial charge in [-0.15, -0.1) is 0 Å². The van der Waals surface area contributed by atoms with Gasteiger partial charge in [-0.3, -0.25) is 0 Å². The van der Waals surface area contributed by atoms with E-state index in [1.54, 1.807) is 12.1 Å². The maximum absolute atomic E-state index is 9.82. The number of aromatic hydroxyl groups is 2. The van der Waals surface area contributed by atoms with Crippen LogP contribution in [0.3, 0.4) is 0 Å². The van der Waals surface area contributed by atoms with Crippen LogP contribution in [0.2, 0.25) is 0 Å². The molecular weight excluding hydrogens is 248 g/mol. The molecule has 114 valence electrons. The molecule has 0 fully saturated rings. The smallest absolute Gasteiger partial charge is 0.119 e. The molecule has 20 heavy (non-hydrogen) atoms. The van der Waals surface area contributed by atoms with Crippen molar-refractivity contribution in [2.24, 2.45) is 0 Å². The second kappa shape index (κ2) is 9.68. The van der Waals surface area contributed by atoms with Crippen LogP contribution >= 0.6 is 0 Å².